The summed E-state index contributed by atoms with van der Waals surface area (Å²) in [5, 5.41) is 0. The number of aromatic amines is 1. The number of nitrogens with zero attached hydrogens (tertiary/aromatic N) is 1. The highest BCUT2D eigenvalue weighted by Crippen LogP contribution is 2.26. The van der Waals surface area contributed by atoms with E-state index in [1.165, 1.54) is 0 Å². The first kappa shape index (κ1) is 19.1. The first-order chi connectivity index (χ1) is 12.7. The third-order valence-electron chi connectivity index (χ3n) is 4.84. The van der Waals surface area contributed by atoms with E-state index in [2.05, 4.69) is 14.7 Å². The van der Waals surface area contributed by atoms with Crippen LogP contribution in [0.15, 0.2) is 35.2 Å². The van der Waals surface area contributed by atoms with Crippen molar-refractivity contribution < 1.29 is 13.2 Å². The normalized spacial score (nSPS) is 11.7. The number of carbonyl (C=O) groups is 1. The van der Waals surface area contributed by atoms with Crippen molar-refractivity contribution in [2.24, 2.45) is 0 Å². The van der Waals surface area contributed by atoms with Crippen LogP contribution < -0.4 is 4.72 Å². The summed E-state index contributed by atoms with van der Waals surface area (Å²) in [6, 6.07) is 9.53. The van der Waals surface area contributed by atoms with Crippen LogP contribution in [0.2, 0.25) is 0 Å². The van der Waals surface area contributed by atoms with Crippen molar-refractivity contribution in [3.63, 3.8) is 0 Å². The number of amides is 1. The van der Waals surface area contributed by atoms with Gasteiger partial charge in [0.05, 0.1) is 15.9 Å². The van der Waals surface area contributed by atoms with Gasteiger partial charge in [0.2, 0.25) is 5.91 Å². The summed E-state index contributed by atoms with van der Waals surface area (Å²) in [5.74, 6) is 0.107. The summed E-state index contributed by atoms with van der Waals surface area (Å²) in [5.41, 5.74) is 4.80. The summed E-state index contributed by atoms with van der Waals surface area (Å²) in [6.07, 6.45) is 0.364. The van der Waals surface area contributed by atoms with E-state index in [1.54, 1.807) is 13.8 Å². The number of rotatable bonds is 5. The third kappa shape index (κ3) is 3.88. The number of sulfonamides is 1. The zero-order valence-corrected chi connectivity index (χ0v) is 16.7. The van der Waals surface area contributed by atoms with Crippen LogP contribution in [-0.4, -0.2) is 24.3 Å². The minimum absolute atomic E-state index is 0.0297. The molecule has 0 saturated heterocycles. The summed E-state index contributed by atoms with van der Waals surface area (Å²) in [4.78, 5) is 20.0. The van der Waals surface area contributed by atoms with Gasteiger partial charge in [-0.3, -0.25) is 4.79 Å². The molecule has 0 atom stereocenters. The van der Waals surface area contributed by atoms with Gasteiger partial charge in [0, 0.05) is 12.8 Å². The highest BCUT2D eigenvalue weighted by molar-refractivity contribution is 7.90. The molecule has 0 radical (unpaired) electrons. The Labute approximate surface area is 159 Å². The first-order valence-electron chi connectivity index (χ1n) is 8.75. The van der Waals surface area contributed by atoms with Gasteiger partial charge in [-0.15, -0.1) is 0 Å². The lowest BCUT2D eigenvalue weighted by molar-refractivity contribution is -0.119. The predicted octanol–water partition coefficient (Wildman–Crippen LogP) is 3.23. The van der Waals surface area contributed by atoms with Crippen LogP contribution in [0.1, 0.15) is 34.5 Å². The summed E-state index contributed by atoms with van der Waals surface area (Å²) >= 11 is 0. The van der Waals surface area contributed by atoms with Crippen LogP contribution in [0, 0.1) is 27.7 Å². The van der Waals surface area contributed by atoms with E-state index in [-0.39, 0.29) is 11.3 Å². The number of para-hydroxylation sites is 2. The number of nitrogens with one attached hydrogen (secondary N) is 2. The Balaban J connectivity index is 1.75. The number of H-pyrrole nitrogens is 1. The van der Waals surface area contributed by atoms with Gasteiger partial charge in [0.1, 0.15) is 5.82 Å². The molecule has 0 aliphatic rings. The molecule has 1 amide bonds. The van der Waals surface area contributed by atoms with E-state index in [1.807, 2.05) is 44.2 Å². The van der Waals surface area contributed by atoms with Crippen LogP contribution in [0.25, 0.3) is 11.0 Å². The number of aryl methyl sites for hydroxylation is 3. The third-order valence-corrected chi connectivity index (χ3v) is 6.49. The van der Waals surface area contributed by atoms with Crippen LogP contribution in [0.4, 0.5) is 0 Å². The molecule has 142 valence electrons. The van der Waals surface area contributed by atoms with Crippen molar-refractivity contribution in [3.8, 4) is 0 Å². The molecule has 0 aliphatic carbocycles. The number of hydrogen-bond acceptors (Lipinski definition) is 4. The second kappa shape index (κ2) is 7.15. The number of fused-ring (bicyclic) bond motifs is 1. The van der Waals surface area contributed by atoms with Crippen LogP contribution in [0.5, 0.6) is 0 Å². The molecule has 1 aromatic heterocycles. The Morgan fingerprint density at radius 2 is 1.70 bits per heavy atom. The van der Waals surface area contributed by atoms with Crippen molar-refractivity contribution in [1.82, 2.24) is 14.7 Å². The molecule has 6 nitrogen and oxygen atoms in total. The van der Waals surface area contributed by atoms with Crippen LogP contribution >= 0.6 is 0 Å². The van der Waals surface area contributed by atoms with E-state index >= 15 is 0 Å². The maximum Gasteiger partial charge on any atom is 0.264 e. The number of benzene rings is 2. The molecule has 0 unspecified atom stereocenters. The highest BCUT2D eigenvalue weighted by Gasteiger charge is 2.24. The van der Waals surface area contributed by atoms with E-state index in [0.29, 0.717) is 23.4 Å². The molecule has 1 heterocycles. The molecule has 27 heavy (non-hydrogen) atoms. The van der Waals surface area contributed by atoms with E-state index < -0.39 is 15.9 Å². The van der Waals surface area contributed by atoms with Crippen LogP contribution in [0.3, 0.4) is 0 Å². The second-order valence-electron chi connectivity index (χ2n) is 6.82. The molecule has 3 aromatic rings. The molecule has 3 rings (SSSR count). The Kier molecular flexibility index (Phi) is 5.06. The van der Waals surface area contributed by atoms with Crippen molar-refractivity contribution >= 4 is 27.0 Å². The minimum Gasteiger partial charge on any atom is -0.342 e. The standard InChI is InChI=1S/C20H23N3O3S/c1-12-11-13(2)15(4)20(14(12)3)27(25,26)23-19(24)10-9-18-21-16-7-5-6-8-17(16)22-18/h5-8,11H,9-10H2,1-4H3,(H,21,22)(H,23,24). The fraction of sp³-hybridized carbons (Fsp3) is 0.300. The zero-order valence-electron chi connectivity index (χ0n) is 15.9. The summed E-state index contributed by atoms with van der Waals surface area (Å²) in [6.45, 7) is 7.25. The maximum atomic E-state index is 12.8. The molecule has 0 saturated carbocycles. The van der Waals surface area contributed by atoms with Gasteiger partial charge in [-0.25, -0.2) is 18.1 Å². The van der Waals surface area contributed by atoms with Crippen LogP contribution in [-0.2, 0) is 21.2 Å². The molecule has 0 aliphatic heterocycles. The van der Waals surface area contributed by atoms with E-state index in [4.69, 9.17) is 0 Å². The van der Waals surface area contributed by atoms with Crippen molar-refractivity contribution in [3.05, 3.63) is 58.4 Å². The average Bonchev–Trinajstić information content (AvgIpc) is 3.01. The fourth-order valence-electron chi connectivity index (χ4n) is 3.19. The Morgan fingerprint density at radius 1 is 1.07 bits per heavy atom. The van der Waals surface area contributed by atoms with Gasteiger partial charge in [-0.2, -0.15) is 0 Å². The molecule has 2 aromatic carbocycles. The van der Waals surface area contributed by atoms with Gasteiger partial charge < -0.3 is 4.98 Å². The molecule has 0 bridgehead atoms. The lowest BCUT2D eigenvalue weighted by atomic mass is 10.0. The first-order valence-corrected chi connectivity index (χ1v) is 10.2. The summed E-state index contributed by atoms with van der Waals surface area (Å²) < 4.78 is 27.8. The molecule has 7 heteroatoms. The molecular formula is C20H23N3O3S. The minimum atomic E-state index is -3.93. The number of carbonyl (C=O) groups excluding carboxylic acids is 1. The molecule has 2 N–H and O–H groups in total. The van der Waals surface area contributed by atoms with Gasteiger partial charge in [-0.05, 0) is 62.1 Å². The Bertz CT molecular complexity index is 1070. The Hall–Kier alpha value is -2.67. The molecule has 0 spiro atoms. The van der Waals surface area contributed by atoms with Crippen molar-refractivity contribution in [2.75, 3.05) is 0 Å². The maximum absolute atomic E-state index is 12.8. The van der Waals surface area contributed by atoms with Gasteiger partial charge >= 0.3 is 0 Å². The van der Waals surface area contributed by atoms with E-state index in [0.717, 1.165) is 22.2 Å². The zero-order chi connectivity index (χ0) is 19.8. The van der Waals surface area contributed by atoms with Gasteiger partial charge in [-0.1, -0.05) is 18.2 Å². The smallest absolute Gasteiger partial charge is 0.264 e. The topological polar surface area (TPSA) is 91.9 Å². The SMILES string of the molecule is Cc1cc(C)c(C)c(S(=O)(=O)NC(=O)CCc2nc3ccccc3[nH]2)c1C. The lowest BCUT2D eigenvalue weighted by Crippen LogP contribution is -2.32. The lowest BCUT2D eigenvalue weighted by Gasteiger charge is -2.16. The number of hydrogen-bond donors (Lipinski definition) is 2. The van der Waals surface area contributed by atoms with Crippen molar-refractivity contribution in [2.45, 2.75) is 45.4 Å². The predicted molar refractivity (Wildman–Crippen MR) is 105 cm³/mol. The highest BCUT2D eigenvalue weighted by atomic mass is 32.2. The largest absolute Gasteiger partial charge is 0.342 e. The Morgan fingerprint density at radius 3 is 2.33 bits per heavy atom. The number of aromatic nitrogens is 2. The van der Waals surface area contributed by atoms with Gasteiger partial charge in [0.25, 0.3) is 10.0 Å². The average molecular weight is 385 g/mol. The monoisotopic (exact) mass is 385 g/mol. The van der Waals surface area contributed by atoms with E-state index in [9.17, 15) is 13.2 Å². The molecular weight excluding hydrogens is 362 g/mol. The van der Waals surface area contributed by atoms with Gasteiger partial charge in [0.15, 0.2) is 0 Å². The fourth-order valence-corrected chi connectivity index (χ4v) is 4.82. The summed E-state index contributed by atoms with van der Waals surface area (Å²) in [7, 11) is -3.93. The quantitative estimate of drug-likeness (QED) is 0.705. The van der Waals surface area contributed by atoms with Crippen molar-refractivity contribution in [1.29, 1.82) is 0 Å². The molecule has 0 fully saturated rings. The second-order valence-corrected chi connectivity index (χ2v) is 8.44. The number of imidazole rings is 1.